The minimum atomic E-state index is 0.118. The van der Waals surface area contributed by atoms with Gasteiger partial charge in [-0.15, -0.1) is 0 Å². The van der Waals surface area contributed by atoms with Gasteiger partial charge in [-0.2, -0.15) is 0 Å². The molecule has 3 N–H and O–H groups in total. The Morgan fingerprint density at radius 2 is 1.14 bits per heavy atom. The third kappa shape index (κ3) is 2.61. The van der Waals surface area contributed by atoms with Crippen LogP contribution < -0.4 is 0 Å². The second-order valence-corrected chi connectivity index (χ2v) is 5.14. The fraction of sp³-hybridized carbons (Fsp3) is 0.0526. The van der Waals surface area contributed by atoms with Gasteiger partial charge in [0.15, 0.2) is 0 Å². The Bertz CT molecular complexity index is 809. The standard InChI is InChI=1S/C19H16O3/c20-17-10-3-1-6-13(17)12-14-7-5-9-16(19(14)22)15-8-2-4-11-18(15)21/h1-11,20-22H,12H2. The van der Waals surface area contributed by atoms with Gasteiger partial charge in [0, 0.05) is 17.5 Å². The van der Waals surface area contributed by atoms with E-state index in [1.54, 1.807) is 36.4 Å². The van der Waals surface area contributed by atoms with Gasteiger partial charge < -0.3 is 15.3 Å². The molecule has 0 saturated heterocycles. The van der Waals surface area contributed by atoms with Crippen LogP contribution in [0.15, 0.2) is 66.7 Å². The average Bonchev–Trinajstić information content (AvgIpc) is 2.52. The summed E-state index contributed by atoms with van der Waals surface area (Å²) in [6.45, 7) is 0. The van der Waals surface area contributed by atoms with Crippen LogP contribution in [-0.4, -0.2) is 15.3 Å². The van der Waals surface area contributed by atoms with Crippen molar-refractivity contribution in [1.82, 2.24) is 0 Å². The fourth-order valence-electron chi connectivity index (χ4n) is 2.52. The van der Waals surface area contributed by atoms with Crippen LogP contribution in [0.1, 0.15) is 11.1 Å². The van der Waals surface area contributed by atoms with E-state index in [0.29, 0.717) is 23.1 Å². The maximum atomic E-state index is 10.5. The number of phenolic OH excluding ortho intramolecular Hbond substituents is 3. The molecule has 0 radical (unpaired) electrons. The van der Waals surface area contributed by atoms with Crippen molar-refractivity contribution in [3.05, 3.63) is 77.9 Å². The van der Waals surface area contributed by atoms with Gasteiger partial charge in [0.1, 0.15) is 17.2 Å². The Kier molecular flexibility index (Phi) is 3.71. The van der Waals surface area contributed by atoms with E-state index in [1.165, 1.54) is 0 Å². The summed E-state index contributed by atoms with van der Waals surface area (Å²) < 4.78 is 0. The molecule has 0 aliphatic rings. The Morgan fingerprint density at radius 1 is 0.545 bits per heavy atom. The van der Waals surface area contributed by atoms with Gasteiger partial charge in [0.25, 0.3) is 0 Å². The van der Waals surface area contributed by atoms with Gasteiger partial charge in [0.05, 0.1) is 0 Å². The van der Waals surface area contributed by atoms with E-state index < -0.39 is 0 Å². The maximum Gasteiger partial charge on any atom is 0.127 e. The molecular formula is C19H16O3. The van der Waals surface area contributed by atoms with E-state index in [9.17, 15) is 15.3 Å². The van der Waals surface area contributed by atoms with Gasteiger partial charge in [0.2, 0.25) is 0 Å². The second kappa shape index (κ2) is 5.82. The highest BCUT2D eigenvalue weighted by molar-refractivity contribution is 5.76. The highest BCUT2D eigenvalue weighted by Crippen LogP contribution is 2.38. The first kappa shape index (κ1) is 14.0. The lowest BCUT2D eigenvalue weighted by molar-refractivity contribution is 0.461. The Hall–Kier alpha value is -2.94. The Balaban J connectivity index is 2.03. The van der Waals surface area contributed by atoms with Crippen molar-refractivity contribution < 1.29 is 15.3 Å². The van der Waals surface area contributed by atoms with Gasteiger partial charge in [-0.1, -0.05) is 54.6 Å². The molecule has 22 heavy (non-hydrogen) atoms. The summed E-state index contributed by atoms with van der Waals surface area (Å²) in [7, 11) is 0. The predicted octanol–water partition coefficient (Wildman–Crippen LogP) is 4.06. The molecule has 0 aromatic heterocycles. The lowest BCUT2D eigenvalue weighted by atomic mass is 9.97. The zero-order valence-electron chi connectivity index (χ0n) is 11.9. The summed E-state index contributed by atoms with van der Waals surface area (Å²) in [4.78, 5) is 0. The lowest BCUT2D eigenvalue weighted by Gasteiger charge is -2.12. The molecule has 3 heteroatoms. The van der Waals surface area contributed by atoms with E-state index in [-0.39, 0.29) is 17.2 Å². The molecule has 3 aromatic carbocycles. The quantitative estimate of drug-likeness (QED) is 0.682. The topological polar surface area (TPSA) is 60.7 Å². The number of phenols is 3. The first-order chi connectivity index (χ1) is 10.7. The molecule has 3 aromatic rings. The summed E-state index contributed by atoms with van der Waals surface area (Å²) >= 11 is 0. The highest BCUT2D eigenvalue weighted by Gasteiger charge is 2.13. The molecular weight excluding hydrogens is 276 g/mol. The third-order valence-corrected chi connectivity index (χ3v) is 3.69. The zero-order chi connectivity index (χ0) is 15.5. The van der Waals surface area contributed by atoms with Gasteiger partial charge in [-0.3, -0.25) is 0 Å². The largest absolute Gasteiger partial charge is 0.508 e. The summed E-state index contributed by atoms with van der Waals surface area (Å²) in [6, 6.07) is 19.3. The molecule has 110 valence electrons. The van der Waals surface area contributed by atoms with Crippen LogP contribution in [0.3, 0.4) is 0 Å². The monoisotopic (exact) mass is 292 g/mol. The molecule has 0 saturated carbocycles. The molecule has 0 bridgehead atoms. The van der Waals surface area contributed by atoms with E-state index in [2.05, 4.69) is 0 Å². The lowest BCUT2D eigenvalue weighted by Crippen LogP contribution is -1.91. The van der Waals surface area contributed by atoms with Crippen molar-refractivity contribution >= 4 is 0 Å². The van der Waals surface area contributed by atoms with Crippen molar-refractivity contribution in [1.29, 1.82) is 0 Å². The smallest absolute Gasteiger partial charge is 0.127 e. The Morgan fingerprint density at radius 3 is 1.86 bits per heavy atom. The third-order valence-electron chi connectivity index (χ3n) is 3.69. The summed E-state index contributed by atoms with van der Waals surface area (Å²) in [5.74, 6) is 0.444. The fourth-order valence-corrected chi connectivity index (χ4v) is 2.52. The van der Waals surface area contributed by atoms with Crippen LogP contribution in [-0.2, 0) is 6.42 Å². The summed E-state index contributed by atoms with van der Waals surface area (Å²) in [5.41, 5.74) is 2.60. The molecule has 0 fully saturated rings. The summed E-state index contributed by atoms with van der Waals surface area (Å²) in [6.07, 6.45) is 0.417. The van der Waals surface area contributed by atoms with E-state index in [1.807, 2.05) is 30.3 Å². The summed E-state index contributed by atoms with van der Waals surface area (Å²) in [5, 5.41) is 30.4. The first-order valence-corrected chi connectivity index (χ1v) is 7.03. The predicted molar refractivity (Wildman–Crippen MR) is 86.1 cm³/mol. The van der Waals surface area contributed by atoms with Crippen molar-refractivity contribution in [3.63, 3.8) is 0 Å². The molecule has 0 aliphatic carbocycles. The molecule has 0 aliphatic heterocycles. The molecule has 3 nitrogen and oxygen atoms in total. The molecule has 0 amide bonds. The van der Waals surface area contributed by atoms with Crippen LogP contribution in [0.5, 0.6) is 17.2 Å². The number of aromatic hydroxyl groups is 3. The van der Waals surface area contributed by atoms with Gasteiger partial charge in [-0.05, 0) is 23.3 Å². The Labute approximate surface area is 128 Å². The molecule has 0 atom stereocenters. The van der Waals surface area contributed by atoms with Crippen LogP contribution in [0, 0.1) is 0 Å². The van der Waals surface area contributed by atoms with Crippen LogP contribution in [0.2, 0.25) is 0 Å². The number of rotatable bonds is 3. The van der Waals surface area contributed by atoms with Gasteiger partial charge in [-0.25, -0.2) is 0 Å². The van der Waals surface area contributed by atoms with E-state index >= 15 is 0 Å². The van der Waals surface area contributed by atoms with E-state index in [4.69, 9.17) is 0 Å². The maximum absolute atomic E-state index is 10.5. The van der Waals surface area contributed by atoms with Crippen molar-refractivity contribution in [3.8, 4) is 28.4 Å². The molecule has 0 unspecified atom stereocenters. The van der Waals surface area contributed by atoms with Crippen molar-refractivity contribution in [2.75, 3.05) is 0 Å². The molecule has 0 spiro atoms. The minimum Gasteiger partial charge on any atom is -0.508 e. The minimum absolute atomic E-state index is 0.118. The number of para-hydroxylation sites is 3. The average molecular weight is 292 g/mol. The highest BCUT2D eigenvalue weighted by atomic mass is 16.3. The van der Waals surface area contributed by atoms with Crippen LogP contribution in [0.25, 0.3) is 11.1 Å². The second-order valence-electron chi connectivity index (χ2n) is 5.14. The number of hydrogen-bond acceptors (Lipinski definition) is 3. The van der Waals surface area contributed by atoms with Crippen molar-refractivity contribution in [2.45, 2.75) is 6.42 Å². The normalized spacial score (nSPS) is 10.5. The molecule has 0 heterocycles. The van der Waals surface area contributed by atoms with Crippen molar-refractivity contribution in [2.24, 2.45) is 0 Å². The van der Waals surface area contributed by atoms with Crippen LogP contribution >= 0.6 is 0 Å². The van der Waals surface area contributed by atoms with Crippen LogP contribution in [0.4, 0.5) is 0 Å². The zero-order valence-corrected chi connectivity index (χ0v) is 11.9. The SMILES string of the molecule is Oc1ccccc1Cc1cccc(-c2ccccc2O)c1O. The van der Waals surface area contributed by atoms with E-state index in [0.717, 1.165) is 5.56 Å². The number of hydrogen-bond donors (Lipinski definition) is 3. The van der Waals surface area contributed by atoms with Gasteiger partial charge >= 0.3 is 0 Å². The molecule has 3 rings (SSSR count). The first-order valence-electron chi connectivity index (χ1n) is 7.03. The number of benzene rings is 3.